The highest BCUT2D eigenvalue weighted by Crippen LogP contribution is 2.27. The smallest absolute Gasteiger partial charge is 0.512 e. The Morgan fingerprint density at radius 2 is 1.92 bits per heavy atom. The maximum Gasteiger partial charge on any atom is 0.707 e. The van der Waals surface area contributed by atoms with Gasteiger partial charge in [0.15, 0.2) is 0 Å². The number of imidazole rings is 1. The third-order valence-corrected chi connectivity index (χ3v) is 3.95. The zero-order valence-corrected chi connectivity index (χ0v) is 14.1. The number of rotatable bonds is 5. The summed E-state index contributed by atoms with van der Waals surface area (Å²) in [6, 6.07) is 7.11. The van der Waals surface area contributed by atoms with Crippen molar-refractivity contribution in [3.05, 3.63) is 53.1 Å². The summed E-state index contributed by atoms with van der Waals surface area (Å²) in [4.78, 5) is 8.83. The van der Waals surface area contributed by atoms with Gasteiger partial charge in [-0.1, -0.05) is 37.6 Å². The number of benzene rings is 1. The van der Waals surface area contributed by atoms with Gasteiger partial charge in [0, 0.05) is 18.7 Å². The molecule has 3 rings (SSSR count). The molecule has 0 unspecified atom stereocenters. The summed E-state index contributed by atoms with van der Waals surface area (Å²) in [7, 11) is -1.82. The highest BCUT2D eigenvalue weighted by atomic mass is 35.5. The summed E-state index contributed by atoms with van der Waals surface area (Å²) in [5.41, 5.74) is 2.66. The fraction of sp³-hybridized carbons (Fsp3) is 0.250. The van der Waals surface area contributed by atoms with Crippen molar-refractivity contribution >= 4 is 30.0 Å². The van der Waals surface area contributed by atoms with Crippen molar-refractivity contribution in [1.29, 1.82) is 0 Å². The number of fused-ring (bicyclic) bond motifs is 1. The summed E-state index contributed by atoms with van der Waals surface area (Å²) >= 11 is 6.22. The summed E-state index contributed by atoms with van der Waals surface area (Å²) in [6.45, 7) is 4.77. The van der Waals surface area contributed by atoms with Crippen molar-refractivity contribution in [2.75, 3.05) is 0 Å². The molecule has 24 heavy (non-hydrogen) atoms. The van der Waals surface area contributed by atoms with Gasteiger partial charge in [-0.3, -0.25) is 4.98 Å². The van der Waals surface area contributed by atoms with E-state index in [1.165, 1.54) is 0 Å². The molecule has 8 heteroatoms. The van der Waals surface area contributed by atoms with Gasteiger partial charge in [-0.15, -0.1) is 0 Å². The van der Waals surface area contributed by atoms with Crippen LogP contribution in [-0.2, 0) is 6.54 Å². The van der Waals surface area contributed by atoms with Crippen molar-refractivity contribution in [3.8, 4) is 5.75 Å². The van der Waals surface area contributed by atoms with Gasteiger partial charge in [0.25, 0.3) is 0 Å². The van der Waals surface area contributed by atoms with E-state index in [0.717, 1.165) is 22.4 Å². The molecule has 2 N–H and O–H groups in total. The van der Waals surface area contributed by atoms with E-state index in [1.807, 2.05) is 12.1 Å². The van der Waals surface area contributed by atoms with E-state index in [0.29, 0.717) is 17.3 Å². The van der Waals surface area contributed by atoms with E-state index in [2.05, 4.69) is 28.4 Å². The zero-order valence-electron chi connectivity index (χ0n) is 13.3. The highest BCUT2D eigenvalue weighted by Gasteiger charge is 2.16. The van der Waals surface area contributed by atoms with Gasteiger partial charge in [0.2, 0.25) is 0 Å². The number of hydrogen-bond donors (Lipinski definition) is 2. The fourth-order valence-electron chi connectivity index (χ4n) is 2.61. The lowest BCUT2D eigenvalue weighted by molar-refractivity contribution is 0.288. The molecular formula is C16H17BClN3O3. The van der Waals surface area contributed by atoms with Crippen molar-refractivity contribution in [2.45, 2.75) is 26.3 Å². The molecule has 0 aliphatic rings. The van der Waals surface area contributed by atoms with Crippen LogP contribution < -0.4 is 4.65 Å². The summed E-state index contributed by atoms with van der Waals surface area (Å²) in [5, 5.41) is 18.2. The summed E-state index contributed by atoms with van der Waals surface area (Å²) in [5.74, 6) is 1.56. The van der Waals surface area contributed by atoms with Gasteiger partial charge in [-0.05, 0) is 17.7 Å². The summed E-state index contributed by atoms with van der Waals surface area (Å²) < 4.78 is 6.91. The Hall–Kier alpha value is -2.09. The monoisotopic (exact) mass is 345 g/mol. The van der Waals surface area contributed by atoms with Gasteiger partial charge in [0.1, 0.15) is 17.1 Å². The van der Waals surface area contributed by atoms with Crippen LogP contribution in [0.2, 0.25) is 5.02 Å². The Balaban J connectivity index is 1.97. The van der Waals surface area contributed by atoms with E-state index in [1.54, 1.807) is 24.5 Å². The number of pyridine rings is 1. The van der Waals surface area contributed by atoms with E-state index >= 15 is 0 Å². The molecule has 0 saturated heterocycles. The topological polar surface area (TPSA) is 80.4 Å². The molecular weight excluding hydrogens is 328 g/mol. The molecule has 0 spiro atoms. The van der Waals surface area contributed by atoms with Gasteiger partial charge in [-0.2, -0.15) is 0 Å². The lowest BCUT2D eigenvalue weighted by Gasteiger charge is -2.12. The van der Waals surface area contributed by atoms with Gasteiger partial charge >= 0.3 is 7.32 Å². The van der Waals surface area contributed by atoms with Crippen LogP contribution in [0.25, 0.3) is 11.0 Å². The Labute approximate surface area is 144 Å². The molecule has 0 aliphatic heterocycles. The predicted octanol–water partition coefficient (Wildman–Crippen LogP) is 2.60. The molecule has 3 aromatic rings. The minimum atomic E-state index is -1.82. The largest absolute Gasteiger partial charge is 0.707 e. The molecule has 0 radical (unpaired) electrons. The van der Waals surface area contributed by atoms with Gasteiger partial charge in [-0.25, -0.2) is 4.98 Å². The fourth-order valence-corrected chi connectivity index (χ4v) is 2.80. The molecule has 0 atom stereocenters. The second kappa shape index (κ2) is 6.80. The number of hydrogen-bond acceptors (Lipinski definition) is 5. The van der Waals surface area contributed by atoms with Crippen LogP contribution in [0.1, 0.15) is 31.2 Å². The van der Waals surface area contributed by atoms with Gasteiger partial charge < -0.3 is 19.3 Å². The average Bonchev–Trinajstić information content (AvgIpc) is 2.89. The third-order valence-electron chi connectivity index (χ3n) is 3.67. The number of halogens is 1. The lowest BCUT2D eigenvalue weighted by atomic mass is 10.1. The molecule has 0 fully saturated rings. The molecule has 0 amide bonds. The van der Waals surface area contributed by atoms with Crippen molar-refractivity contribution in [2.24, 2.45) is 0 Å². The quantitative estimate of drug-likeness (QED) is 0.695. The highest BCUT2D eigenvalue weighted by molar-refractivity contribution is 6.34. The van der Waals surface area contributed by atoms with E-state index in [4.69, 9.17) is 26.3 Å². The van der Waals surface area contributed by atoms with Crippen LogP contribution in [-0.4, -0.2) is 31.9 Å². The minimum Gasteiger partial charge on any atom is -0.512 e. The molecule has 1 aromatic carbocycles. The number of nitrogens with zero attached hydrogens (tertiary/aromatic N) is 3. The number of aromatic nitrogens is 3. The third kappa shape index (κ3) is 3.38. The first-order valence-electron chi connectivity index (χ1n) is 7.57. The maximum atomic E-state index is 8.83. The van der Waals surface area contributed by atoms with Crippen LogP contribution in [0.3, 0.4) is 0 Å². The van der Waals surface area contributed by atoms with Crippen LogP contribution in [0, 0.1) is 0 Å². The van der Waals surface area contributed by atoms with Crippen molar-refractivity contribution in [1.82, 2.24) is 14.5 Å². The first-order chi connectivity index (χ1) is 11.5. The van der Waals surface area contributed by atoms with Crippen LogP contribution in [0.5, 0.6) is 5.75 Å². The standard InChI is InChI=1S/C16H17BClN3O3/c1-10(2)16-20-15-13(18)7-19-8-14(15)21(16)9-11-3-5-12(6-4-11)24-17(22)23/h3-8,10,22-23H,9H2,1-2H3. The minimum absolute atomic E-state index is 0.237. The molecule has 0 bridgehead atoms. The van der Waals surface area contributed by atoms with E-state index in [9.17, 15) is 0 Å². The SMILES string of the molecule is CC(C)c1nc2c(Cl)cncc2n1Cc1ccc(OB(O)O)cc1. The Morgan fingerprint density at radius 3 is 2.54 bits per heavy atom. The second-order valence-corrected chi connectivity index (χ2v) is 6.20. The van der Waals surface area contributed by atoms with Crippen LogP contribution >= 0.6 is 11.6 Å². The predicted molar refractivity (Wildman–Crippen MR) is 93.0 cm³/mol. The normalized spacial score (nSPS) is 11.2. The maximum absolute atomic E-state index is 8.83. The Kier molecular flexibility index (Phi) is 4.75. The summed E-state index contributed by atoms with van der Waals surface area (Å²) in [6.07, 6.45) is 3.36. The molecule has 0 aliphatic carbocycles. The molecule has 2 aromatic heterocycles. The van der Waals surface area contributed by atoms with Crippen LogP contribution in [0.4, 0.5) is 0 Å². The zero-order chi connectivity index (χ0) is 17.3. The molecule has 124 valence electrons. The van der Waals surface area contributed by atoms with Crippen LogP contribution in [0.15, 0.2) is 36.7 Å². The Morgan fingerprint density at radius 1 is 1.21 bits per heavy atom. The van der Waals surface area contributed by atoms with E-state index < -0.39 is 7.32 Å². The molecule has 2 heterocycles. The van der Waals surface area contributed by atoms with Gasteiger partial charge in [0.05, 0.1) is 16.7 Å². The lowest BCUT2D eigenvalue weighted by Crippen LogP contribution is -2.20. The Bertz CT molecular complexity index is 850. The molecule has 6 nitrogen and oxygen atoms in total. The average molecular weight is 346 g/mol. The van der Waals surface area contributed by atoms with Crippen molar-refractivity contribution in [3.63, 3.8) is 0 Å². The second-order valence-electron chi connectivity index (χ2n) is 5.79. The van der Waals surface area contributed by atoms with E-state index in [-0.39, 0.29) is 5.92 Å². The first-order valence-corrected chi connectivity index (χ1v) is 7.95. The van der Waals surface area contributed by atoms with Crippen molar-refractivity contribution < 1.29 is 14.7 Å². The molecule has 0 saturated carbocycles. The first kappa shape index (κ1) is 16.8.